The summed E-state index contributed by atoms with van der Waals surface area (Å²) in [5.41, 5.74) is 3.81. The van der Waals surface area contributed by atoms with Crippen molar-refractivity contribution in [1.29, 1.82) is 0 Å². The number of nitrogens with zero attached hydrogens (tertiary/aromatic N) is 2. The molecule has 134 valence electrons. The van der Waals surface area contributed by atoms with Crippen LogP contribution in [0.3, 0.4) is 0 Å². The fourth-order valence-electron chi connectivity index (χ4n) is 2.89. The number of nitrogens with one attached hydrogen (secondary N) is 1. The van der Waals surface area contributed by atoms with Gasteiger partial charge in [-0.2, -0.15) is 5.10 Å². The quantitative estimate of drug-likeness (QED) is 0.732. The standard InChI is InChI=1S/C20H20ClN3O2/c1-13-18(19(21)24(2)23-13)20(25)22-16-9-10-17(26-3)15(12-16)11-14-7-5-4-6-8-14/h4-10,12H,11H2,1-3H3,(H,22,25). The monoisotopic (exact) mass is 369 g/mol. The topological polar surface area (TPSA) is 56.1 Å². The molecule has 1 aromatic heterocycles. The summed E-state index contributed by atoms with van der Waals surface area (Å²) in [5, 5.41) is 7.39. The minimum absolute atomic E-state index is 0.281. The molecule has 0 fully saturated rings. The molecule has 1 N–H and O–H groups in total. The van der Waals surface area contributed by atoms with Crippen LogP contribution in [0.5, 0.6) is 5.75 Å². The van der Waals surface area contributed by atoms with Crippen molar-refractivity contribution in [2.24, 2.45) is 7.05 Å². The number of aromatic nitrogens is 2. The van der Waals surface area contributed by atoms with E-state index in [2.05, 4.69) is 22.5 Å². The first-order valence-corrected chi connectivity index (χ1v) is 8.58. The first kappa shape index (κ1) is 18.0. The van der Waals surface area contributed by atoms with Crippen LogP contribution >= 0.6 is 11.6 Å². The van der Waals surface area contributed by atoms with Crippen molar-refractivity contribution in [1.82, 2.24) is 9.78 Å². The SMILES string of the molecule is COc1ccc(NC(=O)c2c(C)nn(C)c2Cl)cc1Cc1ccccc1. The number of hydrogen-bond acceptors (Lipinski definition) is 3. The van der Waals surface area contributed by atoms with Crippen LogP contribution in [-0.2, 0) is 13.5 Å². The minimum Gasteiger partial charge on any atom is -0.496 e. The molecule has 6 heteroatoms. The Morgan fingerprint density at radius 3 is 2.58 bits per heavy atom. The molecule has 0 unspecified atom stereocenters. The Labute approximate surface area is 157 Å². The number of ether oxygens (including phenoxy) is 1. The summed E-state index contributed by atoms with van der Waals surface area (Å²) in [7, 11) is 3.35. The number of anilines is 1. The van der Waals surface area contributed by atoms with Crippen molar-refractivity contribution in [3.05, 3.63) is 76.1 Å². The molecule has 0 aliphatic rings. The van der Waals surface area contributed by atoms with Crippen LogP contribution in [0.15, 0.2) is 48.5 Å². The van der Waals surface area contributed by atoms with Gasteiger partial charge in [0, 0.05) is 24.7 Å². The van der Waals surface area contributed by atoms with Gasteiger partial charge >= 0.3 is 0 Å². The summed E-state index contributed by atoms with van der Waals surface area (Å²) >= 11 is 6.18. The van der Waals surface area contributed by atoms with Gasteiger partial charge < -0.3 is 10.1 Å². The molecule has 0 aliphatic carbocycles. The van der Waals surface area contributed by atoms with E-state index in [0.29, 0.717) is 28.5 Å². The van der Waals surface area contributed by atoms with Gasteiger partial charge in [0.15, 0.2) is 0 Å². The van der Waals surface area contributed by atoms with Crippen molar-refractivity contribution >= 4 is 23.2 Å². The molecule has 0 bridgehead atoms. The molecule has 1 amide bonds. The smallest absolute Gasteiger partial charge is 0.260 e. The van der Waals surface area contributed by atoms with Crippen LogP contribution in [0, 0.1) is 6.92 Å². The van der Waals surface area contributed by atoms with E-state index in [1.165, 1.54) is 10.2 Å². The first-order valence-electron chi connectivity index (χ1n) is 8.21. The van der Waals surface area contributed by atoms with Crippen LogP contribution in [0.2, 0.25) is 5.15 Å². The largest absolute Gasteiger partial charge is 0.496 e. The zero-order valence-corrected chi connectivity index (χ0v) is 15.7. The van der Waals surface area contributed by atoms with E-state index in [1.54, 1.807) is 21.1 Å². The lowest BCUT2D eigenvalue weighted by molar-refractivity contribution is 0.102. The third-order valence-corrected chi connectivity index (χ3v) is 4.59. The van der Waals surface area contributed by atoms with E-state index >= 15 is 0 Å². The fourth-order valence-corrected chi connectivity index (χ4v) is 3.15. The maximum atomic E-state index is 12.6. The number of rotatable bonds is 5. The Hall–Kier alpha value is -2.79. The molecule has 26 heavy (non-hydrogen) atoms. The summed E-state index contributed by atoms with van der Waals surface area (Å²) in [6.07, 6.45) is 0.709. The lowest BCUT2D eigenvalue weighted by Crippen LogP contribution is -2.13. The predicted octanol–water partition coefficient (Wildman–Crippen LogP) is 4.23. The van der Waals surface area contributed by atoms with E-state index in [4.69, 9.17) is 16.3 Å². The number of hydrogen-bond donors (Lipinski definition) is 1. The first-order chi connectivity index (χ1) is 12.5. The highest BCUT2D eigenvalue weighted by Gasteiger charge is 2.19. The maximum Gasteiger partial charge on any atom is 0.260 e. The van der Waals surface area contributed by atoms with E-state index in [9.17, 15) is 4.79 Å². The number of aryl methyl sites for hydroxylation is 2. The third kappa shape index (κ3) is 3.73. The highest BCUT2D eigenvalue weighted by atomic mass is 35.5. The predicted molar refractivity (Wildman–Crippen MR) is 103 cm³/mol. The lowest BCUT2D eigenvalue weighted by atomic mass is 10.0. The molecule has 0 aliphatic heterocycles. The summed E-state index contributed by atoms with van der Waals surface area (Å²) in [6.45, 7) is 1.76. The Kier molecular flexibility index (Phi) is 5.28. The average molecular weight is 370 g/mol. The Bertz CT molecular complexity index is 936. The number of carbonyl (C=O) groups is 1. The Morgan fingerprint density at radius 1 is 1.23 bits per heavy atom. The maximum absolute atomic E-state index is 12.6. The van der Waals surface area contributed by atoms with Crippen molar-refractivity contribution in [2.45, 2.75) is 13.3 Å². The molecule has 0 atom stereocenters. The normalized spacial score (nSPS) is 10.6. The van der Waals surface area contributed by atoms with Crippen LogP contribution in [0.1, 0.15) is 27.2 Å². The molecule has 3 rings (SSSR count). The van der Waals surface area contributed by atoms with E-state index in [-0.39, 0.29) is 5.91 Å². The number of carbonyl (C=O) groups excluding carboxylic acids is 1. The summed E-state index contributed by atoms with van der Waals surface area (Å²) in [5.74, 6) is 0.499. The molecule has 0 radical (unpaired) electrons. The zero-order chi connectivity index (χ0) is 18.7. The van der Waals surface area contributed by atoms with E-state index in [1.807, 2.05) is 36.4 Å². The van der Waals surface area contributed by atoms with Crippen molar-refractivity contribution < 1.29 is 9.53 Å². The molecule has 2 aromatic carbocycles. The Morgan fingerprint density at radius 2 is 1.96 bits per heavy atom. The Balaban J connectivity index is 1.86. The molecule has 3 aromatic rings. The van der Waals surface area contributed by atoms with Gasteiger partial charge in [-0.25, -0.2) is 0 Å². The number of amides is 1. The van der Waals surface area contributed by atoms with Gasteiger partial charge in [0.05, 0.1) is 18.4 Å². The van der Waals surface area contributed by atoms with Gasteiger partial charge in [-0.1, -0.05) is 41.9 Å². The van der Waals surface area contributed by atoms with Gasteiger partial charge in [0.25, 0.3) is 5.91 Å². The second kappa shape index (κ2) is 7.62. The van der Waals surface area contributed by atoms with E-state index in [0.717, 1.165) is 11.3 Å². The summed E-state index contributed by atoms with van der Waals surface area (Å²) in [4.78, 5) is 12.6. The molecular weight excluding hydrogens is 350 g/mol. The van der Waals surface area contributed by atoms with Gasteiger partial charge in [-0.3, -0.25) is 9.48 Å². The van der Waals surface area contributed by atoms with Crippen LogP contribution in [-0.4, -0.2) is 22.8 Å². The summed E-state index contributed by atoms with van der Waals surface area (Å²) in [6, 6.07) is 15.7. The number of benzene rings is 2. The van der Waals surface area contributed by atoms with Crippen LogP contribution in [0.4, 0.5) is 5.69 Å². The minimum atomic E-state index is -0.281. The van der Waals surface area contributed by atoms with Gasteiger partial charge in [-0.05, 0) is 30.7 Å². The van der Waals surface area contributed by atoms with Crippen LogP contribution in [0.25, 0.3) is 0 Å². The molecule has 5 nitrogen and oxygen atoms in total. The highest BCUT2D eigenvalue weighted by Crippen LogP contribution is 2.26. The number of halogens is 1. The highest BCUT2D eigenvalue weighted by molar-refractivity contribution is 6.33. The second-order valence-electron chi connectivity index (χ2n) is 6.02. The zero-order valence-electron chi connectivity index (χ0n) is 14.9. The van der Waals surface area contributed by atoms with Gasteiger partial charge in [-0.15, -0.1) is 0 Å². The molecule has 0 saturated heterocycles. The molecular formula is C20H20ClN3O2. The molecule has 0 spiro atoms. The lowest BCUT2D eigenvalue weighted by Gasteiger charge is -2.12. The molecule has 0 saturated carbocycles. The van der Waals surface area contributed by atoms with Gasteiger partial charge in [0.2, 0.25) is 0 Å². The fraction of sp³-hybridized carbons (Fsp3) is 0.200. The number of methoxy groups -OCH3 is 1. The van der Waals surface area contributed by atoms with Crippen molar-refractivity contribution in [3.63, 3.8) is 0 Å². The van der Waals surface area contributed by atoms with Crippen LogP contribution < -0.4 is 10.1 Å². The van der Waals surface area contributed by atoms with Crippen molar-refractivity contribution in [3.8, 4) is 5.75 Å². The van der Waals surface area contributed by atoms with Crippen molar-refractivity contribution in [2.75, 3.05) is 12.4 Å². The summed E-state index contributed by atoms with van der Waals surface area (Å²) < 4.78 is 6.94. The second-order valence-corrected chi connectivity index (χ2v) is 6.38. The van der Waals surface area contributed by atoms with E-state index < -0.39 is 0 Å². The molecule has 1 heterocycles. The third-order valence-electron chi connectivity index (χ3n) is 4.15. The average Bonchev–Trinajstić information content (AvgIpc) is 2.88. The van der Waals surface area contributed by atoms with Gasteiger partial charge in [0.1, 0.15) is 10.9 Å².